The van der Waals surface area contributed by atoms with Gasteiger partial charge >= 0.3 is 0 Å². The molecule has 0 aromatic heterocycles. The molecule has 112 valence electrons. The maximum absolute atomic E-state index is 10.4. The Hall–Kier alpha value is -1.95. The lowest BCUT2D eigenvalue weighted by molar-refractivity contribution is -0.352. The first-order chi connectivity index (χ1) is 9.93. The monoisotopic (exact) mass is 305 g/mol. The summed E-state index contributed by atoms with van der Waals surface area (Å²) >= 11 is 0. The molecule has 0 bridgehead atoms. The summed E-state index contributed by atoms with van der Waals surface area (Å²) in [6.45, 7) is 2.68. The molecule has 0 atom stereocenters. The fraction of sp³-hybridized carbons (Fsp3) is 0.125. The molecular formula is C16H19NO3S. The van der Waals surface area contributed by atoms with Crippen molar-refractivity contribution in [2.45, 2.75) is 11.8 Å². The average molecular weight is 305 g/mol. The van der Waals surface area contributed by atoms with Gasteiger partial charge in [0.1, 0.15) is 10.1 Å². The van der Waals surface area contributed by atoms with Crippen molar-refractivity contribution in [1.82, 2.24) is 0 Å². The average Bonchev–Trinajstić information content (AvgIpc) is 2.46. The molecule has 0 radical (unpaired) electrons. The Labute approximate surface area is 125 Å². The molecule has 0 aliphatic rings. The van der Waals surface area contributed by atoms with E-state index in [0.717, 1.165) is 12.1 Å². The topological polar surface area (TPSA) is 84.8 Å². The van der Waals surface area contributed by atoms with Crippen molar-refractivity contribution in [3.05, 3.63) is 71.8 Å². The van der Waals surface area contributed by atoms with E-state index in [-0.39, 0.29) is 4.90 Å². The summed E-state index contributed by atoms with van der Waals surface area (Å²) in [5.41, 5.74) is 5.88. The molecule has 2 rings (SSSR count). The van der Waals surface area contributed by atoms with Crippen LogP contribution in [0.15, 0.2) is 65.6 Å². The second-order valence-electron chi connectivity index (χ2n) is 4.37. The Bertz CT molecular complexity index is 662. The highest BCUT2D eigenvalue weighted by Gasteiger charge is 1.97. The van der Waals surface area contributed by atoms with Crippen LogP contribution in [0.1, 0.15) is 11.1 Å². The van der Waals surface area contributed by atoms with Crippen molar-refractivity contribution >= 4 is 16.2 Å². The number of benzene rings is 2. The van der Waals surface area contributed by atoms with Crippen molar-refractivity contribution in [3.8, 4) is 0 Å². The van der Waals surface area contributed by atoms with E-state index in [1.807, 2.05) is 25.1 Å². The third kappa shape index (κ3) is 6.85. The van der Waals surface area contributed by atoms with E-state index in [9.17, 15) is 13.0 Å². The summed E-state index contributed by atoms with van der Waals surface area (Å²) in [5.74, 6) is 0. The highest BCUT2D eigenvalue weighted by Crippen LogP contribution is 2.08. The Morgan fingerprint density at radius 1 is 1.05 bits per heavy atom. The second-order valence-corrected chi connectivity index (χ2v) is 5.75. The maximum atomic E-state index is 10.4. The van der Waals surface area contributed by atoms with E-state index >= 15 is 0 Å². The van der Waals surface area contributed by atoms with Crippen LogP contribution in [0, 0.1) is 6.92 Å². The second kappa shape index (κ2) is 8.36. The number of hydrogen-bond acceptors (Lipinski definition) is 3. The summed E-state index contributed by atoms with van der Waals surface area (Å²) < 4.78 is 31.2. The molecule has 0 aliphatic heterocycles. The van der Waals surface area contributed by atoms with E-state index in [0.29, 0.717) is 0 Å². The molecule has 4 nitrogen and oxygen atoms in total. The minimum absolute atomic E-state index is 0.178. The standard InChI is InChI=1S/C9H11N.C7H8O3S/c10-8-4-7-9-5-2-1-3-6-9;1-6-2-4-7(5-3-6)11(8,9)10/h1-7H,8,10H2;2-5H,1H3,(H,8,9,10)/b7-4+;. The number of aryl methyl sites for hydroxylation is 1. The summed E-state index contributed by atoms with van der Waals surface area (Å²) in [6, 6.07) is 16.0. The Balaban J connectivity index is 0.000000211. The van der Waals surface area contributed by atoms with Crippen LogP contribution in [0.25, 0.3) is 6.08 Å². The number of quaternary nitrogens is 1. The molecule has 0 amide bonds. The minimum atomic E-state index is -4.27. The van der Waals surface area contributed by atoms with Crippen LogP contribution < -0.4 is 5.73 Å². The van der Waals surface area contributed by atoms with Crippen LogP contribution >= 0.6 is 0 Å². The third-order valence-corrected chi connectivity index (χ3v) is 3.44. The van der Waals surface area contributed by atoms with Gasteiger partial charge in [0.2, 0.25) is 0 Å². The van der Waals surface area contributed by atoms with Crippen LogP contribution in [0.2, 0.25) is 0 Å². The number of rotatable bonds is 3. The molecule has 21 heavy (non-hydrogen) atoms. The van der Waals surface area contributed by atoms with Crippen molar-refractivity contribution in [2.75, 3.05) is 6.54 Å². The summed E-state index contributed by atoms with van der Waals surface area (Å²) in [4.78, 5) is -0.178. The van der Waals surface area contributed by atoms with Crippen molar-refractivity contribution in [1.29, 1.82) is 0 Å². The van der Waals surface area contributed by atoms with Crippen molar-refractivity contribution in [3.63, 3.8) is 0 Å². The largest absolute Gasteiger partial charge is 0.744 e. The SMILES string of the molecule is Cc1ccc(S(=O)(=O)[O-])cc1.[NH3+]C/C=C/c1ccccc1. The number of hydrogen-bond donors (Lipinski definition) is 1. The van der Waals surface area contributed by atoms with Crippen LogP contribution in [-0.4, -0.2) is 19.5 Å². The van der Waals surface area contributed by atoms with Gasteiger partial charge in [-0.25, -0.2) is 8.42 Å². The molecule has 0 unspecified atom stereocenters. The van der Waals surface area contributed by atoms with Gasteiger partial charge in [0.25, 0.3) is 0 Å². The molecule has 2 aromatic carbocycles. The van der Waals surface area contributed by atoms with Gasteiger partial charge in [0.05, 0.1) is 11.4 Å². The van der Waals surface area contributed by atoms with Gasteiger partial charge in [-0.3, -0.25) is 0 Å². The molecule has 0 saturated carbocycles. The van der Waals surface area contributed by atoms with Gasteiger partial charge in [-0.15, -0.1) is 0 Å². The predicted octanol–water partition coefficient (Wildman–Crippen LogP) is 1.84. The van der Waals surface area contributed by atoms with Gasteiger partial charge in [0.15, 0.2) is 0 Å². The smallest absolute Gasteiger partial charge is 0.124 e. The Kier molecular flexibility index (Phi) is 6.81. The molecule has 2 aromatic rings. The lowest BCUT2D eigenvalue weighted by atomic mass is 10.2. The zero-order valence-corrected chi connectivity index (χ0v) is 12.7. The lowest BCUT2D eigenvalue weighted by Crippen LogP contribution is -2.48. The van der Waals surface area contributed by atoms with Crippen LogP contribution in [-0.2, 0) is 10.1 Å². The highest BCUT2D eigenvalue weighted by atomic mass is 32.2. The molecule has 0 spiro atoms. The summed E-state index contributed by atoms with van der Waals surface area (Å²) in [7, 11) is -4.27. The third-order valence-electron chi connectivity index (χ3n) is 2.59. The van der Waals surface area contributed by atoms with Crippen LogP contribution in [0.4, 0.5) is 0 Å². The van der Waals surface area contributed by atoms with E-state index < -0.39 is 10.1 Å². The van der Waals surface area contributed by atoms with Crippen LogP contribution in [0.5, 0.6) is 0 Å². The van der Waals surface area contributed by atoms with E-state index in [4.69, 9.17) is 0 Å². The van der Waals surface area contributed by atoms with E-state index in [1.54, 1.807) is 12.1 Å². The van der Waals surface area contributed by atoms with Crippen molar-refractivity contribution < 1.29 is 18.7 Å². The lowest BCUT2D eigenvalue weighted by Gasteiger charge is -2.05. The molecule has 0 aliphatic carbocycles. The fourth-order valence-electron chi connectivity index (χ4n) is 1.49. The molecule has 0 fully saturated rings. The van der Waals surface area contributed by atoms with Gasteiger partial charge in [-0.2, -0.15) is 0 Å². The highest BCUT2D eigenvalue weighted by molar-refractivity contribution is 7.85. The zero-order chi connectivity index (χ0) is 15.7. The first kappa shape index (κ1) is 17.1. The van der Waals surface area contributed by atoms with E-state index in [2.05, 4.69) is 30.0 Å². The first-order valence-electron chi connectivity index (χ1n) is 6.47. The van der Waals surface area contributed by atoms with E-state index in [1.165, 1.54) is 17.7 Å². The van der Waals surface area contributed by atoms with Crippen LogP contribution in [0.3, 0.4) is 0 Å². The van der Waals surface area contributed by atoms with Gasteiger partial charge in [-0.1, -0.05) is 54.1 Å². The predicted molar refractivity (Wildman–Crippen MR) is 82.4 cm³/mol. The molecule has 0 saturated heterocycles. The quantitative estimate of drug-likeness (QED) is 0.878. The minimum Gasteiger partial charge on any atom is -0.744 e. The Morgan fingerprint density at radius 2 is 1.62 bits per heavy atom. The van der Waals surface area contributed by atoms with Gasteiger partial charge in [0, 0.05) is 0 Å². The first-order valence-corrected chi connectivity index (χ1v) is 7.87. The normalized spacial score (nSPS) is 11.0. The maximum Gasteiger partial charge on any atom is 0.124 e. The molecular weight excluding hydrogens is 286 g/mol. The Morgan fingerprint density at radius 3 is 2.10 bits per heavy atom. The molecule has 3 N–H and O–H groups in total. The van der Waals surface area contributed by atoms with Crippen molar-refractivity contribution in [2.24, 2.45) is 0 Å². The van der Waals surface area contributed by atoms with Gasteiger partial charge < -0.3 is 10.3 Å². The molecule has 5 heteroatoms. The summed E-state index contributed by atoms with van der Waals surface area (Å²) in [6.07, 6.45) is 4.13. The molecule has 0 heterocycles. The summed E-state index contributed by atoms with van der Waals surface area (Å²) in [5, 5.41) is 0. The fourth-order valence-corrected chi connectivity index (χ4v) is 1.96. The zero-order valence-electron chi connectivity index (χ0n) is 11.9. The van der Waals surface area contributed by atoms with Gasteiger partial charge in [-0.05, 0) is 30.7 Å².